The summed E-state index contributed by atoms with van der Waals surface area (Å²) in [4.78, 5) is 84.3. The molecular weight excluding hydrogens is 795 g/mol. The highest BCUT2D eigenvalue weighted by atomic mass is 32.1. The van der Waals surface area contributed by atoms with Crippen molar-refractivity contribution in [3.63, 3.8) is 0 Å². The number of ether oxygens (including phenoxy) is 4. The molecule has 14 nitrogen and oxygen atoms in total. The zero-order valence-electron chi connectivity index (χ0n) is 34.1. The third-order valence-electron chi connectivity index (χ3n) is 13.4. The number of amides is 1. The van der Waals surface area contributed by atoms with Crippen LogP contribution in [-0.2, 0) is 38.1 Å². The zero-order valence-corrected chi connectivity index (χ0v) is 34.9. The van der Waals surface area contributed by atoms with Crippen molar-refractivity contribution in [3.05, 3.63) is 105 Å². The fourth-order valence-electron chi connectivity index (χ4n) is 10.3. The molecule has 60 heavy (non-hydrogen) atoms. The predicted molar refractivity (Wildman–Crippen MR) is 214 cm³/mol. The second-order valence-electron chi connectivity index (χ2n) is 17.0. The van der Waals surface area contributed by atoms with Crippen molar-refractivity contribution in [2.24, 2.45) is 22.7 Å². The number of thiophene rings is 1. The first-order valence-corrected chi connectivity index (χ1v) is 20.7. The van der Waals surface area contributed by atoms with E-state index < -0.39 is 112 Å². The summed E-state index contributed by atoms with van der Waals surface area (Å²) in [6.07, 6.45) is -8.45. The van der Waals surface area contributed by atoms with Crippen molar-refractivity contribution in [2.75, 3.05) is 6.61 Å². The Kier molecular flexibility index (Phi) is 11.3. The minimum Gasteiger partial charge on any atom is -0.456 e. The van der Waals surface area contributed by atoms with Crippen molar-refractivity contribution in [1.29, 1.82) is 0 Å². The summed E-state index contributed by atoms with van der Waals surface area (Å²) in [6, 6.07) is 16.7. The molecule has 1 aromatic heterocycles. The van der Waals surface area contributed by atoms with Crippen molar-refractivity contribution < 1.29 is 63.0 Å². The number of hydrogen-bond donors (Lipinski definition) is 4. The lowest BCUT2D eigenvalue weighted by Crippen LogP contribution is -2.80. The maximum Gasteiger partial charge on any atom is 0.338 e. The van der Waals surface area contributed by atoms with Gasteiger partial charge in [0.05, 0.1) is 35.7 Å². The van der Waals surface area contributed by atoms with E-state index in [0.717, 1.165) is 6.92 Å². The van der Waals surface area contributed by atoms with E-state index in [2.05, 4.69) is 5.32 Å². The zero-order chi connectivity index (χ0) is 43.5. The third-order valence-corrected chi connectivity index (χ3v) is 14.1. The van der Waals surface area contributed by atoms with Crippen LogP contribution < -0.4 is 5.32 Å². The van der Waals surface area contributed by atoms with Crippen LogP contribution in [0.15, 0.2) is 88.6 Å². The van der Waals surface area contributed by atoms with E-state index in [9.17, 15) is 34.5 Å². The Labute approximate surface area is 350 Å². The third kappa shape index (κ3) is 6.80. The van der Waals surface area contributed by atoms with Crippen molar-refractivity contribution in [1.82, 2.24) is 5.32 Å². The van der Waals surface area contributed by atoms with Gasteiger partial charge in [0.15, 0.2) is 29.4 Å². The van der Waals surface area contributed by atoms with Crippen molar-refractivity contribution in [2.45, 2.75) is 102 Å². The molecule has 1 saturated heterocycles. The normalized spacial score (nSPS) is 32.6. The molecule has 2 saturated carbocycles. The molecule has 1 amide bonds. The number of carbonyl (C=O) groups is 6. The van der Waals surface area contributed by atoms with Crippen molar-refractivity contribution >= 4 is 46.7 Å². The first kappa shape index (κ1) is 43.0. The number of fused-ring (bicyclic) bond motifs is 5. The van der Waals surface area contributed by atoms with Gasteiger partial charge < -0.3 is 39.6 Å². The average molecular weight is 844 g/mol. The SMILES string of the molecule is CC(=O)O[C@H]1C(=O)[C@@]2(C)[C@H]([C@H](C(=O)c3ccsc3)[C@]3(O)C[C@H](OC(=O)[C@H](O)[C@@H](NC(=O)c4ccccc4)c4ccccc4)C(C)=C1C3(C)C)[C@]1(OC(C)=O)CO[C@@H]1C[C@@H]2O. The number of benzene rings is 2. The molecule has 0 unspecified atom stereocenters. The Hall–Kier alpha value is -5.06. The molecule has 2 bridgehead atoms. The lowest BCUT2D eigenvalue weighted by atomic mass is 9.41. The van der Waals surface area contributed by atoms with E-state index in [-0.39, 0.29) is 35.3 Å². The molecule has 0 spiro atoms. The second-order valence-corrected chi connectivity index (χ2v) is 17.8. The Morgan fingerprint density at radius 2 is 1.57 bits per heavy atom. The van der Waals surface area contributed by atoms with Crippen LogP contribution in [-0.4, -0.2) is 99.0 Å². The fourth-order valence-corrected chi connectivity index (χ4v) is 11.0. The summed E-state index contributed by atoms with van der Waals surface area (Å²) in [5.41, 5.74) is -6.60. The van der Waals surface area contributed by atoms with E-state index in [1.807, 2.05) is 0 Å². The smallest absolute Gasteiger partial charge is 0.338 e. The second kappa shape index (κ2) is 15.8. The molecule has 3 aromatic rings. The fraction of sp³-hybridized carbons (Fsp3) is 0.467. The minimum absolute atomic E-state index is 0.0317. The number of nitrogens with one attached hydrogen (secondary N) is 1. The predicted octanol–water partition coefficient (Wildman–Crippen LogP) is 4.07. The summed E-state index contributed by atoms with van der Waals surface area (Å²) in [5, 5.41) is 43.5. The maximum absolute atomic E-state index is 15.5. The molecule has 1 aliphatic heterocycles. The molecule has 3 aliphatic carbocycles. The van der Waals surface area contributed by atoms with Gasteiger partial charge in [-0.15, -0.1) is 0 Å². The van der Waals surface area contributed by atoms with E-state index in [1.165, 1.54) is 25.2 Å². The lowest BCUT2D eigenvalue weighted by molar-refractivity contribution is -0.335. The quantitative estimate of drug-likeness (QED) is 0.0983. The Morgan fingerprint density at radius 1 is 0.917 bits per heavy atom. The monoisotopic (exact) mass is 843 g/mol. The number of hydrogen-bond acceptors (Lipinski definition) is 14. The van der Waals surface area contributed by atoms with Crippen LogP contribution in [0.25, 0.3) is 0 Å². The van der Waals surface area contributed by atoms with Gasteiger partial charge in [0, 0.05) is 54.5 Å². The molecule has 2 heterocycles. The van der Waals surface area contributed by atoms with Crippen LogP contribution in [0.1, 0.15) is 86.7 Å². The van der Waals surface area contributed by atoms with Crippen LogP contribution in [0.2, 0.25) is 0 Å². The van der Waals surface area contributed by atoms with Gasteiger partial charge in [-0.25, -0.2) is 4.79 Å². The molecule has 0 radical (unpaired) electrons. The molecule has 318 valence electrons. The number of esters is 3. The Balaban J connectivity index is 1.40. The van der Waals surface area contributed by atoms with Gasteiger partial charge in [-0.3, -0.25) is 24.0 Å². The van der Waals surface area contributed by atoms with Crippen molar-refractivity contribution in [3.8, 4) is 0 Å². The molecule has 4 aliphatic rings. The summed E-state index contributed by atoms with van der Waals surface area (Å²) in [6.45, 7) is 8.16. The van der Waals surface area contributed by atoms with Gasteiger partial charge in [-0.2, -0.15) is 11.3 Å². The van der Waals surface area contributed by atoms with Gasteiger partial charge in [-0.05, 0) is 54.1 Å². The lowest BCUT2D eigenvalue weighted by Gasteiger charge is -2.68. The maximum atomic E-state index is 15.5. The highest BCUT2D eigenvalue weighted by molar-refractivity contribution is 7.08. The Bertz CT molecular complexity index is 2220. The van der Waals surface area contributed by atoms with E-state index in [0.29, 0.717) is 5.56 Å². The summed E-state index contributed by atoms with van der Waals surface area (Å²) in [7, 11) is 0. The van der Waals surface area contributed by atoms with Crippen LogP contribution in [0.4, 0.5) is 0 Å². The molecule has 3 fully saturated rings. The topological polar surface area (TPSA) is 212 Å². The average Bonchev–Trinajstić information content (AvgIpc) is 3.75. The highest BCUT2D eigenvalue weighted by Crippen LogP contribution is 2.66. The molecule has 4 N–H and O–H groups in total. The summed E-state index contributed by atoms with van der Waals surface area (Å²) < 4.78 is 23.9. The van der Waals surface area contributed by atoms with Crippen LogP contribution >= 0.6 is 11.3 Å². The number of ketones is 2. The number of carbonyl (C=O) groups excluding carboxylic acids is 6. The van der Waals surface area contributed by atoms with Crippen LogP contribution in [0.3, 0.4) is 0 Å². The highest BCUT2D eigenvalue weighted by Gasteiger charge is 2.78. The standard InChI is InChI=1S/C45H49NO13S/c1-23-29(58-41(54)36(51)34(26-13-9-7-10-14-26)46-40(53)27-15-11-8-12-16-27)20-45(55)33(35(50)28-17-18-60-21-28)38-43(6,30(49)19-31-44(38,22-56-31)59-25(3)48)39(52)37(57-24(2)47)32(23)42(45,4)5/h7-18,21,29-31,33-34,36-38,49,51,55H,19-20,22H2,1-6H3,(H,46,53)/t29-,30-,31+,33-,34-,36+,37+,38-,43+,44-,45+/m0/s1. The largest absolute Gasteiger partial charge is 0.456 e. The minimum atomic E-state index is -2.31. The van der Waals surface area contributed by atoms with Gasteiger partial charge in [0.25, 0.3) is 5.91 Å². The number of aliphatic hydroxyl groups is 3. The van der Waals surface area contributed by atoms with Gasteiger partial charge in [0.1, 0.15) is 12.2 Å². The number of rotatable bonds is 10. The van der Waals surface area contributed by atoms with Gasteiger partial charge in [-0.1, -0.05) is 62.4 Å². The Morgan fingerprint density at radius 3 is 2.13 bits per heavy atom. The summed E-state index contributed by atoms with van der Waals surface area (Å²) >= 11 is 1.22. The number of Topliss-reactive ketones (excluding diaryl/α,β-unsaturated/α-hetero) is 2. The number of aliphatic hydroxyl groups excluding tert-OH is 2. The van der Waals surface area contributed by atoms with Crippen LogP contribution in [0, 0.1) is 22.7 Å². The summed E-state index contributed by atoms with van der Waals surface area (Å²) in [5.74, 6) is -8.00. The first-order valence-electron chi connectivity index (χ1n) is 19.8. The van der Waals surface area contributed by atoms with Crippen LogP contribution in [0.5, 0.6) is 0 Å². The molecular formula is C45H49NO13S. The van der Waals surface area contributed by atoms with E-state index in [1.54, 1.807) is 98.3 Å². The first-order chi connectivity index (χ1) is 28.3. The molecule has 15 heteroatoms. The molecule has 11 atom stereocenters. The van der Waals surface area contributed by atoms with E-state index in [4.69, 9.17) is 18.9 Å². The molecule has 2 aromatic carbocycles. The molecule has 7 rings (SSSR count). The van der Waals surface area contributed by atoms with Gasteiger partial charge >= 0.3 is 17.9 Å². The van der Waals surface area contributed by atoms with E-state index >= 15 is 9.59 Å². The van der Waals surface area contributed by atoms with Gasteiger partial charge in [0.2, 0.25) is 0 Å².